The summed E-state index contributed by atoms with van der Waals surface area (Å²) in [6.07, 6.45) is -2.27. The predicted molar refractivity (Wildman–Crippen MR) is 198 cm³/mol. The highest BCUT2D eigenvalue weighted by molar-refractivity contribution is 8.07. The summed E-state index contributed by atoms with van der Waals surface area (Å²) in [5.41, 5.74) is 13.6. The van der Waals surface area contributed by atoms with Crippen LogP contribution in [-0.4, -0.2) is 97.5 Å². The van der Waals surface area contributed by atoms with E-state index < -0.39 is 70.6 Å². The average Bonchev–Trinajstić information content (AvgIpc) is 3.80. The summed E-state index contributed by atoms with van der Waals surface area (Å²) in [5, 5.41) is -0.274. The molecular weight excluding hydrogens is 775 g/mol. The maximum atomic E-state index is 12.8. The number of hydrogen-bond acceptors (Lipinski definition) is 16. The lowest BCUT2D eigenvalue weighted by Gasteiger charge is -2.41. The zero-order valence-electron chi connectivity index (χ0n) is 29.3. The Morgan fingerprint density at radius 1 is 0.962 bits per heavy atom. The van der Waals surface area contributed by atoms with E-state index >= 15 is 0 Å². The van der Waals surface area contributed by atoms with Crippen molar-refractivity contribution in [3.8, 4) is 0 Å². The van der Waals surface area contributed by atoms with E-state index in [0.29, 0.717) is 16.9 Å². The summed E-state index contributed by atoms with van der Waals surface area (Å²) in [7, 11) is -2.63. The van der Waals surface area contributed by atoms with Crippen molar-refractivity contribution in [2.24, 2.45) is 16.6 Å². The number of fused-ring (bicyclic) bond motifs is 5. The molecule has 23 heteroatoms. The Labute approximate surface area is 310 Å². The molecule has 3 aromatic heterocycles. The van der Waals surface area contributed by atoms with Crippen molar-refractivity contribution in [1.82, 2.24) is 24.1 Å². The lowest BCUT2D eigenvalue weighted by molar-refractivity contribution is -0.0605. The van der Waals surface area contributed by atoms with Gasteiger partial charge in [-0.25, -0.2) is 19.9 Å². The summed E-state index contributed by atoms with van der Waals surface area (Å²) in [4.78, 5) is 53.5. The molecule has 7 heterocycles. The summed E-state index contributed by atoms with van der Waals surface area (Å²) in [6.45, 7) is 3.43. The summed E-state index contributed by atoms with van der Waals surface area (Å²) in [6, 6.07) is 1.63. The number of anilines is 1. The van der Waals surface area contributed by atoms with E-state index in [0.717, 1.165) is 0 Å². The number of imidazole rings is 2. The first-order valence-corrected chi connectivity index (χ1v) is 24.6. The van der Waals surface area contributed by atoms with Crippen LogP contribution in [0, 0.1) is 5.92 Å². The van der Waals surface area contributed by atoms with Crippen molar-refractivity contribution in [3.05, 3.63) is 30.6 Å². The van der Waals surface area contributed by atoms with Gasteiger partial charge in [-0.2, -0.15) is 0 Å². The normalized spacial score (nSPS) is 36.1. The lowest BCUT2D eigenvalue weighted by Crippen LogP contribution is -2.49. The van der Waals surface area contributed by atoms with Gasteiger partial charge in [-0.05, 0) is 47.8 Å². The van der Waals surface area contributed by atoms with Crippen molar-refractivity contribution in [2.75, 3.05) is 18.9 Å². The molecule has 0 amide bonds. The topological polar surface area (TPSA) is 235 Å². The Hall–Kier alpha value is -2.07. The van der Waals surface area contributed by atoms with Crippen LogP contribution >= 0.6 is 13.4 Å². The molecule has 3 saturated heterocycles. The van der Waals surface area contributed by atoms with Gasteiger partial charge in [0, 0.05) is 12.1 Å². The number of aliphatic imine (C=N–C) groups is 1. The highest BCUT2D eigenvalue weighted by Crippen LogP contribution is 2.56. The molecule has 284 valence electrons. The number of carbonyl (C=O) groups excluding carboxylic acids is 1. The Bertz CT molecular complexity index is 2030. The van der Waals surface area contributed by atoms with Gasteiger partial charge in [-0.15, -0.1) is 0 Å². The number of nitrogens with zero attached hydrogens (tertiary/aromatic N) is 6. The molecule has 4 aliphatic heterocycles. The molecule has 0 aliphatic carbocycles. The first-order chi connectivity index (χ1) is 24.3. The summed E-state index contributed by atoms with van der Waals surface area (Å²) in [5.74, 6) is -0.459. The molecule has 7 rings (SSSR count). The molecule has 0 aromatic carbocycles. The Morgan fingerprint density at radius 3 is 2.29 bits per heavy atom. The van der Waals surface area contributed by atoms with Crippen LogP contribution in [0.4, 0.5) is 11.5 Å². The number of nitrogens with two attached hydrogens (primary N) is 2. The zero-order valence-corrected chi connectivity index (χ0v) is 33.7. The van der Waals surface area contributed by atoms with Crippen LogP contribution in [0.25, 0.3) is 11.2 Å². The first-order valence-electron chi connectivity index (χ1n) is 16.6. The average molecular weight is 817 g/mol. The number of Topliss-reactive ketones (excluding diaryl/α,β-unsaturated/α-hetero) is 1. The Morgan fingerprint density at radius 2 is 1.60 bits per heavy atom. The fourth-order valence-corrected chi connectivity index (χ4v) is 10.6. The quantitative estimate of drug-likeness (QED) is 0.218. The van der Waals surface area contributed by atoms with Crippen molar-refractivity contribution < 1.29 is 46.6 Å². The fraction of sp³-hybridized carbons (Fsp3) is 0.621. The number of carbonyl (C=O) groups is 1. The van der Waals surface area contributed by atoms with Crippen molar-refractivity contribution in [3.63, 3.8) is 0 Å². The van der Waals surface area contributed by atoms with Crippen LogP contribution in [0.5, 0.6) is 0 Å². The second-order valence-electron chi connectivity index (χ2n) is 14.8. The van der Waals surface area contributed by atoms with Gasteiger partial charge in [-0.1, -0.05) is 27.7 Å². The maximum Gasteiger partial charge on any atom is 0.325 e. The van der Waals surface area contributed by atoms with Gasteiger partial charge in [0.2, 0.25) is 0 Å². The van der Waals surface area contributed by atoms with Gasteiger partial charge in [0.1, 0.15) is 35.8 Å². The third kappa shape index (κ3) is 7.10. The molecule has 2 unspecified atom stereocenters. The first kappa shape index (κ1) is 38.2. The summed E-state index contributed by atoms with van der Waals surface area (Å²) >= 11 is 11.2. The van der Waals surface area contributed by atoms with Crippen molar-refractivity contribution >= 4 is 79.7 Å². The minimum atomic E-state index is -4.07. The highest BCUT2D eigenvalue weighted by atomic mass is 32.5. The number of ether oxygens (including phenoxy) is 2. The molecule has 10 atom stereocenters. The SMILES string of the molecule is C[C@H]1[C@H]2OP(O)(=S)OC[C@H]3O[C@@H](n4cnc5c4N=C(N)CC5=O)[C@H](O[Si](C)(C)C(C)(C)C)[C@@H]3OP(O)(=S)OC[C@H]1O[C@H]2n1cnc2c(N)ccnc21. The van der Waals surface area contributed by atoms with Gasteiger partial charge in [-0.3, -0.25) is 18.5 Å². The van der Waals surface area contributed by atoms with E-state index in [9.17, 15) is 14.6 Å². The van der Waals surface area contributed by atoms with E-state index in [1.165, 1.54) is 12.7 Å². The minimum Gasteiger partial charge on any atom is -0.407 e. The van der Waals surface area contributed by atoms with Crippen LogP contribution in [0.3, 0.4) is 0 Å². The predicted octanol–water partition coefficient (Wildman–Crippen LogP) is 3.56. The van der Waals surface area contributed by atoms with Crippen LogP contribution in [0.2, 0.25) is 18.1 Å². The molecule has 18 nitrogen and oxygen atoms in total. The third-order valence-corrected chi connectivity index (χ3v) is 17.8. The third-order valence-electron chi connectivity index (χ3n) is 10.2. The van der Waals surface area contributed by atoms with Crippen molar-refractivity contribution in [1.29, 1.82) is 0 Å². The highest BCUT2D eigenvalue weighted by Gasteiger charge is 2.55. The minimum absolute atomic E-state index is 0.0691. The number of pyridine rings is 1. The van der Waals surface area contributed by atoms with Gasteiger partial charge in [0.05, 0.1) is 44.1 Å². The van der Waals surface area contributed by atoms with Gasteiger partial charge in [0.25, 0.3) is 0 Å². The number of amidine groups is 1. The monoisotopic (exact) mass is 816 g/mol. The Kier molecular flexibility index (Phi) is 9.99. The van der Waals surface area contributed by atoms with Crippen LogP contribution < -0.4 is 11.5 Å². The number of hydrogen-bond donors (Lipinski definition) is 4. The number of ketones is 1. The molecule has 3 aromatic rings. The van der Waals surface area contributed by atoms with E-state index in [-0.39, 0.29) is 47.8 Å². The molecule has 4 aliphatic rings. The summed E-state index contributed by atoms with van der Waals surface area (Å²) < 4.78 is 47.5. The van der Waals surface area contributed by atoms with Crippen LogP contribution in [-0.2, 0) is 55.6 Å². The van der Waals surface area contributed by atoms with Gasteiger partial charge in [0.15, 0.2) is 43.7 Å². The molecule has 0 spiro atoms. The molecule has 0 radical (unpaired) electrons. The van der Waals surface area contributed by atoms with Crippen LogP contribution in [0.15, 0.2) is 29.9 Å². The van der Waals surface area contributed by atoms with Crippen molar-refractivity contribution in [2.45, 2.75) is 95.2 Å². The fourth-order valence-electron chi connectivity index (χ4n) is 6.37. The number of nitrogen functional groups attached to an aromatic ring is 1. The smallest absolute Gasteiger partial charge is 0.325 e. The van der Waals surface area contributed by atoms with E-state index in [1.807, 2.05) is 20.0 Å². The second-order valence-corrected chi connectivity index (χ2v) is 25.1. The van der Waals surface area contributed by atoms with Crippen LogP contribution in [0.1, 0.15) is 57.1 Å². The number of rotatable bonds is 4. The largest absolute Gasteiger partial charge is 0.407 e. The molecule has 6 N–H and O–H groups in total. The standard InChI is InChI=1S/C29H42N8O10P2S2Si/c1-14-17-10-41-49(40,51)46-23-18(11-42-48(39,50)45-22(14)27(43-17)36-12-33-20-15(30)7-8-32-25(20)36)44-28(24(23)47-52(5,6)29(2,3)4)37-13-34-21-16(38)9-19(31)35-26(21)37/h7-8,12-14,17-18,22-24,27-28H,9-11H2,1-6H3,(H2,30,32)(H2,31,35)(H,39,50)(H,40,51)/t14-,17-,18-,22-,23-,24-,27-,28-,48?,49?/m1/s1. The Balaban J connectivity index is 1.25. The second kappa shape index (κ2) is 13.6. The maximum absolute atomic E-state index is 12.8. The lowest BCUT2D eigenvalue weighted by atomic mass is 10.0. The molecule has 2 bridgehead atoms. The number of aromatic nitrogens is 5. The van der Waals surface area contributed by atoms with Gasteiger partial charge < -0.3 is 48.7 Å². The van der Waals surface area contributed by atoms with E-state index in [4.69, 9.17) is 67.1 Å². The molecule has 52 heavy (non-hydrogen) atoms. The zero-order chi connectivity index (χ0) is 37.5. The molecule has 0 saturated carbocycles. The molecule has 3 fully saturated rings. The van der Waals surface area contributed by atoms with E-state index in [2.05, 4.69) is 40.7 Å². The van der Waals surface area contributed by atoms with Gasteiger partial charge >= 0.3 is 13.4 Å². The van der Waals surface area contributed by atoms with E-state index in [1.54, 1.807) is 21.4 Å². The molecular formula is C29H42N8O10P2S2Si.